The third kappa shape index (κ3) is 3.06. The Morgan fingerprint density at radius 2 is 2.38 bits per heavy atom. The second kappa shape index (κ2) is 3.73. The lowest BCUT2D eigenvalue weighted by Crippen LogP contribution is -2.31. The van der Waals surface area contributed by atoms with Crippen molar-refractivity contribution < 1.29 is 4.79 Å². The van der Waals surface area contributed by atoms with Crippen molar-refractivity contribution in [2.45, 2.75) is 30.1 Å². The van der Waals surface area contributed by atoms with Gasteiger partial charge in [-0.25, -0.2) is 0 Å². The van der Waals surface area contributed by atoms with Crippen LogP contribution in [0.25, 0.3) is 0 Å². The summed E-state index contributed by atoms with van der Waals surface area (Å²) in [5, 5.41) is 10.9. The molecule has 5 heteroatoms. The van der Waals surface area contributed by atoms with Crippen molar-refractivity contribution in [2.24, 2.45) is 5.92 Å². The molecular formula is C8H10Cl2N2O. The van der Waals surface area contributed by atoms with Crippen molar-refractivity contribution in [3.63, 3.8) is 0 Å². The predicted molar refractivity (Wildman–Crippen MR) is 50.4 cm³/mol. The van der Waals surface area contributed by atoms with Gasteiger partial charge in [-0.3, -0.25) is 4.79 Å². The lowest BCUT2D eigenvalue weighted by molar-refractivity contribution is -0.121. The van der Waals surface area contributed by atoms with Gasteiger partial charge in [-0.2, -0.15) is 5.26 Å². The number of amides is 1. The molecule has 3 nitrogen and oxygen atoms in total. The molecule has 0 aromatic rings. The van der Waals surface area contributed by atoms with Crippen LogP contribution >= 0.6 is 23.2 Å². The molecule has 1 rings (SSSR count). The first kappa shape index (κ1) is 10.6. The average Bonchev–Trinajstić information content (AvgIpc) is 2.58. The maximum absolute atomic E-state index is 11.2. The molecule has 72 valence electrons. The molecule has 2 atom stereocenters. The molecule has 0 radical (unpaired) electrons. The number of nitrogens with one attached hydrogen (secondary N) is 1. The zero-order valence-corrected chi connectivity index (χ0v) is 8.69. The molecule has 1 aliphatic carbocycles. The number of halogens is 2. The number of alkyl halides is 2. The topological polar surface area (TPSA) is 52.9 Å². The van der Waals surface area contributed by atoms with Gasteiger partial charge in [0.2, 0.25) is 5.91 Å². The van der Waals surface area contributed by atoms with Gasteiger partial charge < -0.3 is 5.32 Å². The Bertz CT molecular complexity index is 259. The summed E-state index contributed by atoms with van der Waals surface area (Å²) in [6.07, 6.45) is 0.962. The minimum atomic E-state index is -0.715. The molecule has 0 bridgehead atoms. The molecule has 1 saturated carbocycles. The number of carbonyl (C=O) groups excluding carboxylic acids is 1. The van der Waals surface area contributed by atoms with Gasteiger partial charge in [0.05, 0.1) is 6.07 Å². The van der Waals surface area contributed by atoms with Crippen LogP contribution in [0, 0.1) is 17.2 Å². The largest absolute Gasteiger partial charge is 0.341 e. The van der Waals surface area contributed by atoms with E-state index < -0.39 is 10.4 Å². The maximum atomic E-state index is 11.2. The summed E-state index contributed by atoms with van der Waals surface area (Å²) >= 11 is 11.5. The smallest absolute Gasteiger partial charge is 0.221 e. The van der Waals surface area contributed by atoms with E-state index in [0.29, 0.717) is 12.8 Å². The van der Waals surface area contributed by atoms with E-state index in [2.05, 4.69) is 5.32 Å². The van der Waals surface area contributed by atoms with Crippen LogP contribution < -0.4 is 5.32 Å². The van der Waals surface area contributed by atoms with Gasteiger partial charge in [-0.15, -0.1) is 23.2 Å². The quantitative estimate of drug-likeness (QED) is 0.736. The number of carbonyl (C=O) groups is 1. The third-order valence-electron chi connectivity index (χ3n) is 1.96. The lowest BCUT2D eigenvalue weighted by atomic mass is 10.2. The molecule has 1 aliphatic rings. The molecular weight excluding hydrogens is 211 g/mol. The fourth-order valence-electron chi connectivity index (χ4n) is 1.05. The second-order valence-electron chi connectivity index (χ2n) is 3.28. The molecule has 0 heterocycles. The van der Waals surface area contributed by atoms with Crippen LogP contribution in [-0.2, 0) is 4.79 Å². The molecule has 0 aromatic heterocycles. The predicted octanol–water partition coefficient (Wildman–Crippen LogP) is 1.60. The monoisotopic (exact) mass is 220 g/mol. The first-order chi connectivity index (χ1) is 5.95. The zero-order chi connectivity index (χ0) is 10.1. The van der Waals surface area contributed by atoms with Crippen LogP contribution in [0.4, 0.5) is 0 Å². The van der Waals surface area contributed by atoms with E-state index in [9.17, 15) is 4.79 Å². The Kier molecular flexibility index (Phi) is 3.05. The number of hydrogen-bond donors (Lipinski definition) is 1. The average molecular weight is 221 g/mol. The molecule has 0 saturated heterocycles. The number of hydrogen-bond acceptors (Lipinski definition) is 2. The summed E-state index contributed by atoms with van der Waals surface area (Å²) in [6.45, 7) is 1.62. The second-order valence-corrected chi connectivity index (χ2v) is 4.83. The van der Waals surface area contributed by atoms with Gasteiger partial charge in [0.1, 0.15) is 10.4 Å². The fourth-order valence-corrected chi connectivity index (χ4v) is 1.57. The first-order valence-corrected chi connectivity index (χ1v) is 4.78. The van der Waals surface area contributed by atoms with E-state index in [1.54, 1.807) is 6.92 Å². The molecule has 0 aromatic carbocycles. The first-order valence-electron chi connectivity index (χ1n) is 4.02. The van der Waals surface area contributed by atoms with E-state index in [-0.39, 0.29) is 11.8 Å². The van der Waals surface area contributed by atoms with Gasteiger partial charge in [-0.1, -0.05) is 0 Å². The third-order valence-corrected chi connectivity index (χ3v) is 2.88. The van der Waals surface area contributed by atoms with E-state index >= 15 is 0 Å². The van der Waals surface area contributed by atoms with Crippen LogP contribution in [-0.4, -0.2) is 16.3 Å². The van der Waals surface area contributed by atoms with Crippen LogP contribution in [0.1, 0.15) is 19.8 Å². The maximum Gasteiger partial charge on any atom is 0.221 e. The highest BCUT2D eigenvalue weighted by Gasteiger charge is 2.52. The van der Waals surface area contributed by atoms with Crippen molar-refractivity contribution in [1.29, 1.82) is 5.26 Å². The Morgan fingerprint density at radius 3 is 2.77 bits per heavy atom. The molecule has 0 aliphatic heterocycles. The number of nitrogens with zero attached hydrogens (tertiary/aromatic N) is 1. The Labute approximate surface area is 87.0 Å². The van der Waals surface area contributed by atoms with Crippen LogP contribution in [0.2, 0.25) is 0 Å². The van der Waals surface area contributed by atoms with Crippen molar-refractivity contribution >= 4 is 29.1 Å². The Morgan fingerprint density at radius 1 is 1.85 bits per heavy atom. The summed E-state index contributed by atoms with van der Waals surface area (Å²) in [7, 11) is 0. The highest BCUT2D eigenvalue weighted by Crippen LogP contribution is 2.54. The van der Waals surface area contributed by atoms with E-state index in [1.807, 2.05) is 6.07 Å². The van der Waals surface area contributed by atoms with E-state index in [4.69, 9.17) is 28.5 Å². The summed E-state index contributed by atoms with van der Waals surface area (Å²) in [5.74, 6) is -0.121. The van der Waals surface area contributed by atoms with Gasteiger partial charge in [-0.05, 0) is 13.3 Å². The van der Waals surface area contributed by atoms with Crippen LogP contribution in [0.5, 0.6) is 0 Å². The molecule has 1 unspecified atom stereocenters. The number of rotatable bonds is 3. The summed E-state index contributed by atoms with van der Waals surface area (Å²) in [5.41, 5.74) is 0. The van der Waals surface area contributed by atoms with Crippen LogP contribution in [0.15, 0.2) is 0 Å². The van der Waals surface area contributed by atoms with Gasteiger partial charge >= 0.3 is 0 Å². The summed E-state index contributed by atoms with van der Waals surface area (Å²) in [6, 6.07) is 1.46. The standard InChI is InChI=1S/C8H10Cl2N2O/c1-5(4-11)12-7(13)2-6-3-8(6,9)10/h5-6H,2-3H2,1H3,(H,12,13)/t5-,6?/m1/s1. The minimum absolute atomic E-state index is 0.0433. The van der Waals surface area contributed by atoms with Gasteiger partial charge in [0.15, 0.2) is 0 Å². The molecule has 13 heavy (non-hydrogen) atoms. The van der Waals surface area contributed by atoms with Crippen molar-refractivity contribution in [2.75, 3.05) is 0 Å². The normalized spacial score (nSPS) is 25.8. The molecule has 1 amide bonds. The Balaban J connectivity index is 2.25. The van der Waals surface area contributed by atoms with Crippen LogP contribution in [0.3, 0.4) is 0 Å². The zero-order valence-electron chi connectivity index (χ0n) is 7.18. The summed E-state index contributed by atoms with van der Waals surface area (Å²) in [4.78, 5) is 11.2. The minimum Gasteiger partial charge on any atom is -0.341 e. The number of nitriles is 1. The summed E-state index contributed by atoms with van der Waals surface area (Å²) < 4.78 is -0.715. The van der Waals surface area contributed by atoms with Crippen molar-refractivity contribution in [3.05, 3.63) is 0 Å². The Hall–Kier alpha value is -0.460. The lowest BCUT2D eigenvalue weighted by Gasteiger charge is -2.05. The van der Waals surface area contributed by atoms with Gasteiger partial charge in [0, 0.05) is 12.3 Å². The molecule has 1 fully saturated rings. The fraction of sp³-hybridized carbons (Fsp3) is 0.750. The van der Waals surface area contributed by atoms with E-state index in [0.717, 1.165) is 0 Å². The highest BCUT2D eigenvalue weighted by atomic mass is 35.5. The van der Waals surface area contributed by atoms with E-state index in [1.165, 1.54) is 0 Å². The SMILES string of the molecule is C[C@H](C#N)NC(=O)CC1CC1(Cl)Cl. The van der Waals surface area contributed by atoms with Crippen molar-refractivity contribution in [3.8, 4) is 6.07 Å². The highest BCUT2D eigenvalue weighted by molar-refractivity contribution is 6.51. The van der Waals surface area contributed by atoms with Crippen molar-refractivity contribution in [1.82, 2.24) is 5.32 Å². The van der Waals surface area contributed by atoms with Gasteiger partial charge in [0.25, 0.3) is 0 Å². The molecule has 1 N–H and O–H groups in total. The molecule has 0 spiro atoms.